The first kappa shape index (κ1) is 18.2. The molecule has 0 N–H and O–H groups in total. The number of rotatable bonds is 5. The van der Waals surface area contributed by atoms with Crippen molar-refractivity contribution < 1.29 is 17.9 Å². The molecule has 7 nitrogen and oxygen atoms in total. The molecular weight excluding hydrogens is 338 g/mol. The Morgan fingerprint density at radius 1 is 1.43 bits per heavy atom. The van der Waals surface area contributed by atoms with Crippen LogP contribution in [0.2, 0.25) is 0 Å². The van der Waals surface area contributed by atoms with E-state index >= 15 is 0 Å². The highest BCUT2D eigenvalue weighted by atomic mass is 32.2. The summed E-state index contributed by atoms with van der Waals surface area (Å²) in [7, 11) is -3.26. The monoisotopic (exact) mass is 359 g/mol. The number of hydrogen-bond donors (Lipinski definition) is 0. The lowest BCUT2D eigenvalue weighted by atomic mass is 9.76. The third-order valence-corrected chi connectivity index (χ3v) is 5.88. The van der Waals surface area contributed by atoms with E-state index in [9.17, 15) is 13.2 Å². The van der Waals surface area contributed by atoms with Gasteiger partial charge in [0.05, 0.1) is 18.6 Å². The second-order valence-electron chi connectivity index (χ2n) is 5.39. The second kappa shape index (κ2) is 7.14. The lowest BCUT2D eigenvalue weighted by Crippen LogP contribution is -2.49. The molecule has 0 radical (unpaired) electrons. The van der Waals surface area contributed by atoms with Crippen LogP contribution in [0.25, 0.3) is 0 Å². The van der Waals surface area contributed by atoms with Gasteiger partial charge in [-0.3, -0.25) is 4.79 Å². The molecule has 0 spiro atoms. The van der Waals surface area contributed by atoms with E-state index < -0.39 is 15.4 Å². The molecule has 1 aliphatic heterocycles. The summed E-state index contributed by atoms with van der Waals surface area (Å²) in [5.74, 6) is -0.348. The molecule has 1 fully saturated rings. The summed E-state index contributed by atoms with van der Waals surface area (Å²) >= 11 is 1.39. The zero-order valence-corrected chi connectivity index (χ0v) is 15.1. The minimum Gasteiger partial charge on any atom is -0.465 e. The Bertz CT molecular complexity index is 670. The number of sulfonamides is 1. The van der Waals surface area contributed by atoms with Gasteiger partial charge in [-0.25, -0.2) is 22.7 Å². The predicted molar refractivity (Wildman–Crippen MR) is 87.8 cm³/mol. The molecule has 0 aliphatic carbocycles. The first-order chi connectivity index (χ1) is 10.8. The maximum absolute atomic E-state index is 12.6. The SMILES string of the molecule is CCOC(=O)C1(c2ccnc(SC)n2)CCN(S(C)(=O)=O)CC1. The van der Waals surface area contributed by atoms with Crippen molar-refractivity contribution in [3.63, 3.8) is 0 Å². The number of aromatic nitrogens is 2. The lowest BCUT2D eigenvalue weighted by Gasteiger charge is -2.38. The van der Waals surface area contributed by atoms with Crippen molar-refractivity contribution in [3.8, 4) is 0 Å². The molecule has 1 aromatic rings. The molecule has 0 unspecified atom stereocenters. The fourth-order valence-corrected chi connectivity index (χ4v) is 3.94. The molecule has 2 heterocycles. The Morgan fingerprint density at radius 3 is 2.61 bits per heavy atom. The van der Waals surface area contributed by atoms with Gasteiger partial charge < -0.3 is 4.74 Å². The van der Waals surface area contributed by atoms with Gasteiger partial charge in [-0.05, 0) is 32.1 Å². The van der Waals surface area contributed by atoms with Gasteiger partial charge in [0.25, 0.3) is 0 Å². The summed E-state index contributed by atoms with van der Waals surface area (Å²) in [6, 6.07) is 1.72. The zero-order chi connectivity index (χ0) is 17.1. The van der Waals surface area contributed by atoms with Gasteiger partial charge in [-0.2, -0.15) is 0 Å². The van der Waals surface area contributed by atoms with Crippen molar-refractivity contribution in [2.24, 2.45) is 0 Å². The smallest absolute Gasteiger partial charge is 0.318 e. The van der Waals surface area contributed by atoms with Gasteiger partial charge in [-0.15, -0.1) is 0 Å². The van der Waals surface area contributed by atoms with Crippen LogP contribution < -0.4 is 0 Å². The average molecular weight is 359 g/mol. The Labute approximate surface area is 140 Å². The number of nitrogens with zero attached hydrogens (tertiary/aromatic N) is 3. The number of ether oxygens (including phenoxy) is 1. The number of hydrogen-bond acceptors (Lipinski definition) is 7. The van der Waals surface area contributed by atoms with E-state index in [2.05, 4.69) is 9.97 Å². The molecule has 0 bridgehead atoms. The van der Waals surface area contributed by atoms with Crippen LogP contribution in [0.1, 0.15) is 25.5 Å². The lowest BCUT2D eigenvalue weighted by molar-refractivity contribution is -0.152. The summed E-state index contributed by atoms with van der Waals surface area (Å²) in [6.45, 7) is 2.58. The van der Waals surface area contributed by atoms with Gasteiger partial charge in [0.15, 0.2) is 5.16 Å². The van der Waals surface area contributed by atoms with Crippen LogP contribution in [-0.4, -0.2) is 60.9 Å². The minimum absolute atomic E-state index is 0.274. The van der Waals surface area contributed by atoms with E-state index in [0.29, 0.717) is 23.7 Å². The normalized spacial score (nSPS) is 18.6. The summed E-state index contributed by atoms with van der Waals surface area (Å²) in [5.41, 5.74) is -0.312. The van der Waals surface area contributed by atoms with Crippen LogP contribution in [0.15, 0.2) is 17.4 Å². The quantitative estimate of drug-likeness (QED) is 0.441. The van der Waals surface area contributed by atoms with Gasteiger partial charge >= 0.3 is 5.97 Å². The maximum atomic E-state index is 12.6. The average Bonchev–Trinajstić information content (AvgIpc) is 2.54. The molecule has 0 amide bonds. The molecule has 0 atom stereocenters. The third-order valence-electron chi connectivity index (χ3n) is 4.02. The van der Waals surface area contributed by atoms with E-state index in [-0.39, 0.29) is 25.7 Å². The molecule has 2 rings (SSSR count). The second-order valence-corrected chi connectivity index (χ2v) is 8.15. The Morgan fingerprint density at radius 2 is 2.09 bits per heavy atom. The highest BCUT2D eigenvalue weighted by Crippen LogP contribution is 2.37. The van der Waals surface area contributed by atoms with E-state index in [1.54, 1.807) is 19.2 Å². The fraction of sp³-hybridized carbons (Fsp3) is 0.643. The summed E-state index contributed by atoms with van der Waals surface area (Å²) in [4.78, 5) is 21.2. The number of carbonyl (C=O) groups is 1. The minimum atomic E-state index is -3.26. The Hall–Kier alpha value is -1.19. The van der Waals surface area contributed by atoms with E-state index in [4.69, 9.17) is 4.74 Å². The molecule has 0 saturated carbocycles. The van der Waals surface area contributed by atoms with Crippen molar-refractivity contribution >= 4 is 27.8 Å². The largest absolute Gasteiger partial charge is 0.465 e. The molecule has 0 aromatic carbocycles. The van der Waals surface area contributed by atoms with Gasteiger partial charge in [0.2, 0.25) is 10.0 Å². The fourth-order valence-electron chi connectivity index (χ4n) is 2.74. The molecule has 128 valence electrons. The van der Waals surface area contributed by atoms with Crippen molar-refractivity contribution in [2.45, 2.75) is 30.3 Å². The topological polar surface area (TPSA) is 89.5 Å². The summed E-state index contributed by atoms with van der Waals surface area (Å²) < 4.78 is 30.1. The van der Waals surface area contributed by atoms with Crippen molar-refractivity contribution in [2.75, 3.05) is 32.2 Å². The van der Waals surface area contributed by atoms with Crippen LogP contribution in [-0.2, 0) is 25.0 Å². The van der Waals surface area contributed by atoms with Gasteiger partial charge in [0.1, 0.15) is 5.41 Å². The van der Waals surface area contributed by atoms with E-state index in [0.717, 1.165) is 0 Å². The van der Waals surface area contributed by atoms with Crippen molar-refractivity contribution in [1.82, 2.24) is 14.3 Å². The number of carbonyl (C=O) groups excluding carboxylic acids is 1. The molecular formula is C14H21N3O4S2. The Kier molecular flexibility index (Phi) is 5.64. The van der Waals surface area contributed by atoms with Crippen LogP contribution in [0.5, 0.6) is 0 Å². The zero-order valence-electron chi connectivity index (χ0n) is 13.5. The highest BCUT2D eigenvalue weighted by molar-refractivity contribution is 7.98. The van der Waals surface area contributed by atoms with Crippen molar-refractivity contribution in [1.29, 1.82) is 0 Å². The molecule has 1 aliphatic rings. The predicted octanol–water partition coefficient (Wildman–Crippen LogP) is 1.05. The summed E-state index contributed by atoms with van der Waals surface area (Å²) in [5, 5.41) is 0.580. The molecule has 9 heteroatoms. The highest BCUT2D eigenvalue weighted by Gasteiger charge is 2.47. The third kappa shape index (κ3) is 3.84. The number of piperidine rings is 1. The number of esters is 1. The standard InChI is InChI=1S/C14H21N3O4S2/c1-4-21-12(18)14(11-5-8-15-13(16-11)22-2)6-9-17(10-7-14)23(3,19)20/h5,8H,4,6-7,9-10H2,1-3H3. The Balaban J connectivity index is 2.37. The first-order valence-corrected chi connectivity index (χ1v) is 10.4. The number of thioether (sulfide) groups is 1. The van der Waals surface area contributed by atoms with Crippen LogP contribution in [0.3, 0.4) is 0 Å². The maximum Gasteiger partial charge on any atom is 0.318 e. The first-order valence-electron chi connectivity index (χ1n) is 7.33. The van der Waals surface area contributed by atoms with Gasteiger partial charge in [0, 0.05) is 19.3 Å². The van der Waals surface area contributed by atoms with Gasteiger partial charge in [-0.1, -0.05) is 11.8 Å². The van der Waals surface area contributed by atoms with Crippen LogP contribution in [0, 0.1) is 0 Å². The molecule has 1 aromatic heterocycles. The van der Waals surface area contributed by atoms with E-state index in [1.165, 1.54) is 22.3 Å². The van der Waals surface area contributed by atoms with Crippen molar-refractivity contribution in [3.05, 3.63) is 18.0 Å². The molecule has 1 saturated heterocycles. The van der Waals surface area contributed by atoms with E-state index in [1.807, 2.05) is 6.26 Å². The van der Waals surface area contributed by atoms with Crippen LogP contribution in [0.4, 0.5) is 0 Å². The molecule has 23 heavy (non-hydrogen) atoms. The summed E-state index contributed by atoms with van der Waals surface area (Å²) in [6.07, 6.45) is 5.37. The van der Waals surface area contributed by atoms with Crippen LogP contribution >= 0.6 is 11.8 Å².